The zero-order chi connectivity index (χ0) is 14.9. The molecule has 0 spiro atoms. The Kier molecular flexibility index (Phi) is 9.06. The molecule has 0 aliphatic rings. The normalized spacial score (nSPS) is 12.9. The molecule has 0 aromatic rings. The summed E-state index contributed by atoms with van der Waals surface area (Å²) in [6, 6.07) is 0. The average Bonchev–Trinajstić information content (AvgIpc) is 2.26. The van der Waals surface area contributed by atoms with Crippen LogP contribution < -0.4 is 0 Å². The van der Waals surface area contributed by atoms with Gasteiger partial charge in [-0.3, -0.25) is 9.59 Å². The molecule has 0 radical (unpaired) electrons. The minimum atomic E-state index is -0.451. The Labute approximate surface area is 124 Å². The molecule has 19 heavy (non-hydrogen) atoms. The first-order valence-corrected chi connectivity index (χ1v) is 7.70. The lowest BCUT2D eigenvalue weighted by Crippen LogP contribution is -2.28. The minimum Gasteiger partial charge on any atom is -0.466 e. The third-order valence-electron chi connectivity index (χ3n) is 2.31. The van der Waals surface area contributed by atoms with E-state index in [1.54, 1.807) is 6.92 Å². The van der Waals surface area contributed by atoms with Crippen LogP contribution in [0, 0.1) is 0 Å². The molecule has 5 heteroatoms. The van der Waals surface area contributed by atoms with Crippen LogP contribution in [0.3, 0.4) is 0 Å². The van der Waals surface area contributed by atoms with Gasteiger partial charge in [0.05, 0.1) is 6.61 Å². The fourth-order valence-electron chi connectivity index (χ4n) is 1.49. The van der Waals surface area contributed by atoms with Crippen LogP contribution in [0.25, 0.3) is 0 Å². The molecule has 112 valence electrons. The van der Waals surface area contributed by atoms with Crippen LogP contribution in [0.2, 0.25) is 0 Å². The van der Waals surface area contributed by atoms with Gasteiger partial charge in [0.15, 0.2) is 0 Å². The molecule has 0 aromatic heterocycles. The standard InChI is InChI=1S/C14H25BrO4/c1-5-18-12(16)10-8-6-7-9-11(15)13(17)19-14(2,3)4/h11H,5-10H2,1-4H3. The highest BCUT2D eigenvalue weighted by atomic mass is 79.9. The molecule has 0 aliphatic carbocycles. The highest BCUT2D eigenvalue weighted by Crippen LogP contribution is 2.17. The molecule has 0 aromatic carbocycles. The monoisotopic (exact) mass is 336 g/mol. The molecule has 1 atom stereocenters. The van der Waals surface area contributed by atoms with Gasteiger partial charge < -0.3 is 9.47 Å². The van der Waals surface area contributed by atoms with E-state index in [0.29, 0.717) is 13.0 Å². The quantitative estimate of drug-likeness (QED) is 0.386. The van der Waals surface area contributed by atoms with Gasteiger partial charge in [-0.1, -0.05) is 28.8 Å². The number of hydrogen-bond acceptors (Lipinski definition) is 4. The summed E-state index contributed by atoms with van der Waals surface area (Å²) >= 11 is 3.34. The molecule has 0 amide bonds. The number of alkyl halides is 1. The van der Waals surface area contributed by atoms with Crippen LogP contribution >= 0.6 is 15.9 Å². The SMILES string of the molecule is CCOC(=O)CCCCCC(Br)C(=O)OC(C)(C)C. The van der Waals surface area contributed by atoms with E-state index in [2.05, 4.69) is 15.9 Å². The minimum absolute atomic E-state index is 0.148. The lowest BCUT2D eigenvalue weighted by Gasteiger charge is -2.21. The molecule has 0 bridgehead atoms. The van der Waals surface area contributed by atoms with Gasteiger partial charge in [-0.2, -0.15) is 0 Å². The van der Waals surface area contributed by atoms with Crippen LogP contribution in [0.4, 0.5) is 0 Å². The van der Waals surface area contributed by atoms with Crippen molar-refractivity contribution in [2.75, 3.05) is 6.61 Å². The average molecular weight is 337 g/mol. The predicted octanol–water partition coefficient (Wildman–Crippen LogP) is 3.61. The molecular weight excluding hydrogens is 312 g/mol. The number of rotatable bonds is 8. The van der Waals surface area contributed by atoms with E-state index >= 15 is 0 Å². The van der Waals surface area contributed by atoms with Crippen molar-refractivity contribution in [3.63, 3.8) is 0 Å². The Morgan fingerprint density at radius 3 is 2.32 bits per heavy atom. The highest BCUT2D eigenvalue weighted by Gasteiger charge is 2.22. The van der Waals surface area contributed by atoms with Gasteiger partial charge in [-0.25, -0.2) is 0 Å². The molecule has 0 aliphatic heterocycles. The van der Waals surface area contributed by atoms with E-state index in [9.17, 15) is 9.59 Å². The van der Waals surface area contributed by atoms with Gasteiger partial charge in [0.1, 0.15) is 10.4 Å². The van der Waals surface area contributed by atoms with E-state index in [4.69, 9.17) is 9.47 Å². The second kappa shape index (κ2) is 9.34. The topological polar surface area (TPSA) is 52.6 Å². The molecule has 0 N–H and O–H groups in total. The number of halogens is 1. The Bertz CT molecular complexity index is 284. The number of ether oxygens (including phenoxy) is 2. The lowest BCUT2D eigenvalue weighted by atomic mass is 10.1. The number of esters is 2. The van der Waals surface area contributed by atoms with E-state index in [0.717, 1.165) is 25.7 Å². The van der Waals surface area contributed by atoms with Crippen LogP contribution in [0.15, 0.2) is 0 Å². The van der Waals surface area contributed by atoms with E-state index < -0.39 is 5.60 Å². The molecule has 1 unspecified atom stereocenters. The summed E-state index contributed by atoms with van der Waals surface area (Å²) < 4.78 is 10.1. The molecule has 0 heterocycles. The number of carbonyl (C=O) groups excluding carboxylic acids is 2. The summed E-state index contributed by atoms with van der Waals surface area (Å²) in [6.07, 6.45) is 3.76. The fraction of sp³-hybridized carbons (Fsp3) is 0.857. The summed E-state index contributed by atoms with van der Waals surface area (Å²) in [5.74, 6) is -0.372. The van der Waals surface area contributed by atoms with Crippen molar-refractivity contribution in [1.29, 1.82) is 0 Å². The van der Waals surface area contributed by atoms with Crippen molar-refractivity contribution >= 4 is 27.9 Å². The fourth-order valence-corrected chi connectivity index (χ4v) is 1.90. The molecule has 0 saturated heterocycles. The van der Waals surface area contributed by atoms with Gasteiger partial charge >= 0.3 is 11.9 Å². The van der Waals surface area contributed by atoms with E-state index in [1.807, 2.05) is 20.8 Å². The smallest absolute Gasteiger partial charge is 0.320 e. The first-order valence-electron chi connectivity index (χ1n) is 6.79. The van der Waals surface area contributed by atoms with Gasteiger partial charge in [0.2, 0.25) is 0 Å². The summed E-state index contributed by atoms with van der Waals surface area (Å²) in [4.78, 5) is 22.5. The summed E-state index contributed by atoms with van der Waals surface area (Å²) in [7, 11) is 0. The second-order valence-electron chi connectivity index (χ2n) is 5.41. The van der Waals surface area contributed by atoms with Crippen molar-refractivity contribution < 1.29 is 19.1 Å². The zero-order valence-corrected chi connectivity index (χ0v) is 13.9. The maximum absolute atomic E-state index is 11.7. The summed E-state index contributed by atoms with van der Waals surface area (Å²) in [5.41, 5.74) is -0.451. The van der Waals surface area contributed by atoms with Gasteiger partial charge in [0.25, 0.3) is 0 Å². The number of hydrogen-bond donors (Lipinski definition) is 0. The molecular formula is C14H25BrO4. The van der Waals surface area contributed by atoms with Crippen LogP contribution in [-0.4, -0.2) is 29.0 Å². The van der Waals surface area contributed by atoms with Crippen molar-refractivity contribution in [2.45, 2.75) is 70.2 Å². The first kappa shape index (κ1) is 18.4. The van der Waals surface area contributed by atoms with Crippen molar-refractivity contribution in [2.24, 2.45) is 0 Å². The van der Waals surface area contributed by atoms with Crippen LogP contribution in [0.5, 0.6) is 0 Å². The molecule has 0 saturated carbocycles. The van der Waals surface area contributed by atoms with Crippen LogP contribution in [0.1, 0.15) is 59.8 Å². The summed E-state index contributed by atoms with van der Waals surface area (Å²) in [5, 5.41) is 0. The van der Waals surface area contributed by atoms with Crippen LogP contribution in [-0.2, 0) is 19.1 Å². The van der Waals surface area contributed by atoms with Gasteiger partial charge in [-0.15, -0.1) is 0 Å². The third-order valence-corrected chi connectivity index (χ3v) is 3.14. The molecule has 4 nitrogen and oxygen atoms in total. The Morgan fingerprint density at radius 1 is 1.16 bits per heavy atom. The molecule has 0 fully saturated rings. The number of carbonyl (C=O) groups is 2. The maximum Gasteiger partial charge on any atom is 0.320 e. The second-order valence-corrected chi connectivity index (χ2v) is 6.51. The predicted molar refractivity (Wildman–Crippen MR) is 78.3 cm³/mol. The summed E-state index contributed by atoms with van der Waals surface area (Å²) in [6.45, 7) is 7.78. The maximum atomic E-state index is 11.7. The Balaban J connectivity index is 3.66. The van der Waals surface area contributed by atoms with E-state index in [-0.39, 0.29) is 16.8 Å². The first-order chi connectivity index (χ1) is 8.76. The van der Waals surface area contributed by atoms with Gasteiger partial charge in [-0.05, 0) is 40.5 Å². The number of unbranched alkanes of at least 4 members (excludes halogenated alkanes) is 2. The lowest BCUT2D eigenvalue weighted by molar-refractivity contribution is -0.154. The van der Waals surface area contributed by atoms with Crippen molar-refractivity contribution in [3.05, 3.63) is 0 Å². The van der Waals surface area contributed by atoms with Gasteiger partial charge in [0, 0.05) is 6.42 Å². The Hall–Kier alpha value is -0.580. The Morgan fingerprint density at radius 2 is 1.79 bits per heavy atom. The zero-order valence-electron chi connectivity index (χ0n) is 12.3. The molecule has 0 rings (SSSR count). The van der Waals surface area contributed by atoms with Crippen molar-refractivity contribution in [3.8, 4) is 0 Å². The largest absolute Gasteiger partial charge is 0.466 e. The van der Waals surface area contributed by atoms with Crippen molar-refractivity contribution in [1.82, 2.24) is 0 Å². The highest BCUT2D eigenvalue weighted by molar-refractivity contribution is 9.10. The third kappa shape index (κ3) is 11.0. The van der Waals surface area contributed by atoms with E-state index in [1.165, 1.54) is 0 Å².